The molecule has 0 saturated carbocycles. The summed E-state index contributed by atoms with van der Waals surface area (Å²) in [7, 11) is 0. The first kappa shape index (κ1) is 82.9. The van der Waals surface area contributed by atoms with Crippen LogP contribution in [0.1, 0.15) is 463 Å². The molecular formula is C78H155NO5. The van der Waals surface area contributed by atoms with Crippen molar-refractivity contribution in [1.82, 2.24) is 5.32 Å². The number of nitrogens with one attached hydrogen (secondary N) is 1. The molecule has 3 N–H and O–H groups in total. The molecule has 502 valence electrons. The summed E-state index contributed by atoms with van der Waals surface area (Å²) in [4.78, 5) is 24.6. The average Bonchev–Trinajstić information content (AvgIpc) is 3.50. The first-order valence-corrected chi connectivity index (χ1v) is 39.3. The minimum Gasteiger partial charge on any atom is -0.466 e. The number of carbonyl (C=O) groups is 2. The Kier molecular flexibility index (Phi) is 73.3. The van der Waals surface area contributed by atoms with Crippen molar-refractivity contribution in [2.45, 2.75) is 475 Å². The van der Waals surface area contributed by atoms with Gasteiger partial charge in [-0.1, -0.05) is 425 Å². The second-order valence-corrected chi connectivity index (χ2v) is 27.4. The highest BCUT2D eigenvalue weighted by molar-refractivity contribution is 5.76. The number of unbranched alkanes of at least 4 members (excludes halogenated alkanes) is 64. The third-order valence-electron chi connectivity index (χ3n) is 18.9. The molecule has 0 aromatic heterocycles. The summed E-state index contributed by atoms with van der Waals surface area (Å²) in [6.45, 7) is 5.01. The van der Waals surface area contributed by atoms with Crippen LogP contribution in [-0.2, 0) is 14.3 Å². The van der Waals surface area contributed by atoms with Gasteiger partial charge in [-0.2, -0.15) is 0 Å². The van der Waals surface area contributed by atoms with Gasteiger partial charge in [0.1, 0.15) is 0 Å². The summed E-state index contributed by atoms with van der Waals surface area (Å²) < 4.78 is 5.48. The van der Waals surface area contributed by atoms with E-state index in [-0.39, 0.29) is 18.5 Å². The summed E-state index contributed by atoms with van der Waals surface area (Å²) >= 11 is 0. The Morgan fingerprint density at radius 1 is 0.286 bits per heavy atom. The molecule has 0 aliphatic heterocycles. The van der Waals surface area contributed by atoms with Crippen LogP contribution in [0.2, 0.25) is 0 Å². The molecule has 2 atom stereocenters. The zero-order valence-electron chi connectivity index (χ0n) is 57.7. The molecule has 0 heterocycles. The number of amides is 1. The van der Waals surface area contributed by atoms with E-state index in [1.165, 1.54) is 392 Å². The second-order valence-electron chi connectivity index (χ2n) is 27.4. The molecule has 0 aliphatic carbocycles. The predicted octanol–water partition coefficient (Wildman–Crippen LogP) is 25.7. The van der Waals surface area contributed by atoms with Crippen LogP contribution in [0, 0.1) is 0 Å². The third kappa shape index (κ3) is 70.0. The SMILES string of the molecule is CCCCCCCCCCCCCCCCCCCCCCCC(O)C(CO)NC(=O)CCCCCCCCCCCCCCCCCCCCCCCCCCCCCCCCCCCCCOC(=O)CCCCCCCCCCCCC. The highest BCUT2D eigenvalue weighted by Crippen LogP contribution is 2.21. The third-order valence-corrected chi connectivity index (χ3v) is 18.9. The molecule has 6 nitrogen and oxygen atoms in total. The van der Waals surface area contributed by atoms with Crippen LogP contribution in [0.4, 0.5) is 0 Å². The van der Waals surface area contributed by atoms with E-state index in [9.17, 15) is 19.8 Å². The number of hydrogen-bond acceptors (Lipinski definition) is 5. The van der Waals surface area contributed by atoms with Crippen molar-refractivity contribution in [2.75, 3.05) is 13.2 Å². The Balaban J connectivity index is 3.31. The summed E-state index contributed by atoms with van der Waals surface area (Å²) in [6, 6.07) is -0.537. The van der Waals surface area contributed by atoms with E-state index in [0.717, 1.165) is 38.5 Å². The molecule has 0 aromatic carbocycles. The molecule has 2 unspecified atom stereocenters. The summed E-state index contributed by atoms with van der Waals surface area (Å²) in [5.41, 5.74) is 0. The van der Waals surface area contributed by atoms with Crippen molar-refractivity contribution < 1.29 is 24.5 Å². The van der Waals surface area contributed by atoms with Gasteiger partial charge in [0.05, 0.1) is 25.4 Å². The molecule has 84 heavy (non-hydrogen) atoms. The number of aliphatic hydroxyl groups excluding tert-OH is 2. The highest BCUT2D eigenvalue weighted by atomic mass is 16.5. The van der Waals surface area contributed by atoms with Gasteiger partial charge in [-0.3, -0.25) is 9.59 Å². The van der Waals surface area contributed by atoms with Crippen LogP contribution in [0.3, 0.4) is 0 Å². The van der Waals surface area contributed by atoms with Crippen molar-refractivity contribution in [2.24, 2.45) is 0 Å². The zero-order chi connectivity index (χ0) is 60.6. The maximum atomic E-state index is 12.6. The van der Waals surface area contributed by atoms with Crippen molar-refractivity contribution in [1.29, 1.82) is 0 Å². The van der Waals surface area contributed by atoms with Gasteiger partial charge in [-0.15, -0.1) is 0 Å². The molecule has 0 rings (SSSR count). The Labute approximate surface area is 527 Å². The molecule has 0 bridgehead atoms. The van der Waals surface area contributed by atoms with Crippen LogP contribution >= 0.6 is 0 Å². The lowest BCUT2D eigenvalue weighted by atomic mass is 10.0. The smallest absolute Gasteiger partial charge is 0.305 e. The second kappa shape index (κ2) is 74.3. The Bertz CT molecular complexity index is 1230. The number of ether oxygens (including phenoxy) is 1. The predicted molar refractivity (Wildman–Crippen MR) is 371 cm³/mol. The van der Waals surface area contributed by atoms with Crippen molar-refractivity contribution in [3.63, 3.8) is 0 Å². The minimum absolute atomic E-state index is 0.0236. The van der Waals surface area contributed by atoms with E-state index < -0.39 is 12.1 Å². The lowest BCUT2D eigenvalue weighted by Crippen LogP contribution is -2.45. The summed E-state index contributed by atoms with van der Waals surface area (Å²) in [5.74, 6) is -0.0000582. The highest BCUT2D eigenvalue weighted by Gasteiger charge is 2.20. The molecule has 0 aliphatic rings. The van der Waals surface area contributed by atoms with Crippen LogP contribution in [0.5, 0.6) is 0 Å². The number of rotatable bonds is 75. The van der Waals surface area contributed by atoms with Gasteiger partial charge >= 0.3 is 5.97 Å². The maximum Gasteiger partial charge on any atom is 0.305 e. The van der Waals surface area contributed by atoms with Crippen molar-refractivity contribution in [3.05, 3.63) is 0 Å². The number of hydrogen-bond donors (Lipinski definition) is 3. The van der Waals surface area contributed by atoms with E-state index in [1.807, 2.05) is 0 Å². The number of aliphatic hydroxyl groups is 2. The monoisotopic (exact) mass is 1190 g/mol. The standard InChI is InChI=1S/C78H155NO5/c1-3-5-7-9-11-13-15-16-17-18-19-35-38-41-44-47-51-54-58-62-66-70-76(81)75(74-80)79-77(82)71-67-63-59-55-52-48-45-42-39-36-33-31-29-27-25-23-21-20-22-24-26-28-30-32-34-37-40-43-46-49-53-57-61-65-69-73-84-78(83)72-68-64-60-56-50-14-12-10-8-6-4-2/h75-76,80-81H,3-74H2,1-2H3,(H,79,82). The van der Waals surface area contributed by atoms with Gasteiger partial charge in [0, 0.05) is 12.8 Å². The van der Waals surface area contributed by atoms with E-state index >= 15 is 0 Å². The van der Waals surface area contributed by atoms with Gasteiger partial charge in [0.2, 0.25) is 5.91 Å². The van der Waals surface area contributed by atoms with Gasteiger partial charge in [-0.05, 0) is 25.7 Å². The topological polar surface area (TPSA) is 95.9 Å². The fourth-order valence-corrected chi connectivity index (χ4v) is 12.9. The van der Waals surface area contributed by atoms with E-state index in [4.69, 9.17) is 4.74 Å². The first-order valence-electron chi connectivity index (χ1n) is 39.3. The quantitative estimate of drug-likeness (QED) is 0.0417. The van der Waals surface area contributed by atoms with Crippen molar-refractivity contribution in [3.8, 4) is 0 Å². The Hall–Kier alpha value is -1.14. The molecule has 1 amide bonds. The Morgan fingerprint density at radius 2 is 0.488 bits per heavy atom. The van der Waals surface area contributed by atoms with Crippen LogP contribution in [0.15, 0.2) is 0 Å². The summed E-state index contributed by atoms with van der Waals surface area (Å²) in [5, 5.41) is 23.5. The average molecular weight is 1190 g/mol. The molecule has 6 heteroatoms. The maximum absolute atomic E-state index is 12.6. The summed E-state index contributed by atoms with van der Waals surface area (Å²) in [6.07, 6.45) is 92.0. The lowest BCUT2D eigenvalue weighted by molar-refractivity contribution is -0.143. The van der Waals surface area contributed by atoms with Crippen LogP contribution in [-0.4, -0.2) is 47.4 Å². The van der Waals surface area contributed by atoms with Crippen LogP contribution < -0.4 is 5.32 Å². The molecule has 0 saturated heterocycles. The van der Waals surface area contributed by atoms with Crippen molar-refractivity contribution >= 4 is 11.9 Å². The molecule has 0 spiro atoms. The Morgan fingerprint density at radius 3 is 0.726 bits per heavy atom. The first-order chi connectivity index (χ1) is 41.5. The van der Waals surface area contributed by atoms with Gasteiger partial charge in [0.15, 0.2) is 0 Å². The van der Waals surface area contributed by atoms with Gasteiger partial charge < -0.3 is 20.3 Å². The van der Waals surface area contributed by atoms with Gasteiger partial charge in [-0.25, -0.2) is 0 Å². The lowest BCUT2D eigenvalue weighted by Gasteiger charge is -2.22. The molecule has 0 aromatic rings. The zero-order valence-corrected chi connectivity index (χ0v) is 57.7. The minimum atomic E-state index is -0.660. The number of esters is 1. The fourth-order valence-electron chi connectivity index (χ4n) is 12.9. The van der Waals surface area contributed by atoms with E-state index in [1.54, 1.807) is 0 Å². The largest absolute Gasteiger partial charge is 0.466 e. The van der Waals surface area contributed by atoms with Crippen LogP contribution in [0.25, 0.3) is 0 Å². The normalized spacial score (nSPS) is 12.4. The number of carbonyl (C=O) groups excluding carboxylic acids is 2. The fraction of sp³-hybridized carbons (Fsp3) is 0.974. The molecular weight excluding hydrogens is 1030 g/mol. The molecule has 0 radical (unpaired) electrons. The molecule has 0 fully saturated rings. The van der Waals surface area contributed by atoms with Gasteiger partial charge in [0.25, 0.3) is 0 Å². The van der Waals surface area contributed by atoms with E-state index in [2.05, 4.69) is 19.2 Å². The van der Waals surface area contributed by atoms with E-state index in [0.29, 0.717) is 25.9 Å².